The van der Waals surface area contributed by atoms with Crippen molar-refractivity contribution in [2.75, 3.05) is 19.0 Å². The molecule has 0 aliphatic heterocycles. The molecule has 0 aliphatic carbocycles. The molecule has 0 radical (unpaired) electrons. The molecule has 2 aromatic rings. The fraction of sp³-hybridized carbons (Fsp3) is 0.278. The van der Waals surface area contributed by atoms with Gasteiger partial charge in [0.1, 0.15) is 5.75 Å². The third-order valence-corrected chi connectivity index (χ3v) is 3.99. The quantitative estimate of drug-likeness (QED) is 0.574. The number of thiophene rings is 1. The first-order valence-electron chi connectivity index (χ1n) is 7.49. The van der Waals surface area contributed by atoms with E-state index in [1.807, 2.05) is 35.7 Å². The van der Waals surface area contributed by atoms with E-state index in [2.05, 4.69) is 16.8 Å². The van der Waals surface area contributed by atoms with Gasteiger partial charge >= 0.3 is 5.97 Å². The SMILES string of the molecule is CCOC(=O)/C=C/C[C@H](Nc1ccc(OC)cc1)c1ccsc1. The Kier molecular flexibility index (Phi) is 6.69. The molecule has 0 saturated heterocycles. The van der Waals surface area contributed by atoms with Crippen LogP contribution in [0.5, 0.6) is 5.75 Å². The van der Waals surface area contributed by atoms with Crippen molar-refractivity contribution in [1.29, 1.82) is 0 Å². The number of hydrogen-bond donors (Lipinski definition) is 1. The van der Waals surface area contributed by atoms with Crippen LogP contribution in [0.1, 0.15) is 24.9 Å². The molecule has 1 heterocycles. The number of benzene rings is 1. The lowest BCUT2D eigenvalue weighted by Crippen LogP contribution is -2.09. The van der Waals surface area contributed by atoms with Crippen LogP contribution >= 0.6 is 11.3 Å². The molecule has 0 spiro atoms. The molecule has 0 bridgehead atoms. The van der Waals surface area contributed by atoms with E-state index in [0.717, 1.165) is 11.4 Å². The van der Waals surface area contributed by atoms with Crippen molar-refractivity contribution < 1.29 is 14.3 Å². The molecule has 1 aromatic heterocycles. The monoisotopic (exact) mass is 331 g/mol. The summed E-state index contributed by atoms with van der Waals surface area (Å²) in [5.74, 6) is 0.519. The lowest BCUT2D eigenvalue weighted by atomic mass is 10.1. The number of carbonyl (C=O) groups is 1. The normalized spacial score (nSPS) is 12.1. The number of esters is 1. The van der Waals surface area contributed by atoms with Gasteiger partial charge in [0, 0.05) is 11.8 Å². The van der Waals surface area contributed by atoms with E-state index < -0.39 is 0 Å². The molecule has 23 heavy (non-hydrogen) atoms. The number of hydrogen-bond acceptors (Lipinski definition) is 5. The summed E-state index contributed by atoms with van der Waals surface area (Å²) >= 11 is 1.66. The van der Waals surface area contributed by atoms with Crippen LogP contribution in [-0.4, -0.2) is 19.7 Å². The summed E-state index contributed by atoms with van der Waals surface area (Å²) in [6, 6.07) is 9.98. The molecule has 122 valence electrons. The number of anilines is 1. The molecule has 4 nitrogen and oxygen atoms in total. The minimum absolute atomic E-state index is 0.0975. The third-order valence-electron chi connectivity index (χ3n) is 3.29. The molecule has 1 N–H and O–H groups in total. The first-order chi connectivity index (χ1) is 11.2. The smallest absolute Gasteiger partial charge is 0.330 e. The zero-order valence-electron chi connectivity index (χ0n) is 13.3. The number of carbonyl (C=O) groups excluding carboxylic acids is 1. The van der Waals surface area contributed by atoms with Crippen LogP contribution in [0.4, 0.5) is 5.69 Å². The molecule has 0 unspecified atom stereocenters. The summed E-state index contributed by atoms with van der Waals surface area (Å²) < 4.78 is 10.1. The van der Waals surface area contributed by atoms with E-state index in [9.17, 15) is 4.79 Å². The number of rotatable bonds is 8. The predicted octanol–water partition coefficient (Wildman–Crippen LogP) is 4.42. The molecule has 1 aromatic carbocycles. The minimum Gasteiger partial charge on any atom is -0.497 e. The van der Waals surface area contributed by atoms with Crippen molar-refractivity contribution in [2.24, 2.45) is 0 Å². The largest absolute Gasteiger partial charge is 0.497 e. The molecular formula is C18H21NO3S. The zero-order valence-corrected chi connectivity index (χ0v) is 14.1. The van der Waals surface area contributed by atoms with Crippen LogP contribution in [0, 0.1) is 0 Å². The zero-order chi connectivity index (χ0) is 16.5. The van der Waals surface area contributed by atoms with E-state index in [1.165, 1.54) is 11.6 Å². The predicted molar refractivity (Wildman–Crippen MR) is 94.1 cm³/mol. The van der Waals surface area contributed by atoms with Gasteiger partial charge in [0.15, 0.2) is 0 Å². The molecule has 0 fully saturated rings. The van der Waals surface area contributed by atoms with Crippen molar-refractivity contribution in [2.45, 2.75) is 19.4 Å². The summed E-state index contributed by atoms with van der Waals surface area (Å²) in [6.45, 7) is 2.19. The summed E-state index contributed by atoms with van der Waals surface area (Å²) in [6.07, 6.45) is 4.02. The highest BCUT2D eigenvalue weighted by molar-refractivity contribution is 7.08. The maximum atomic E-state index is 11.4. The fourth-order valence-corrected chi connectivity index (χ4v) is 2.85. The van der Waals surface area contributed by atoms with Gasteiger partial charge in [-0.3, -0.25) is 0 Å². The van der Waals surface area contributed by atoms with Crippen LogP contribution in [0.25, 0.3) is 0 Å². The molecule has 0 amide bonds. The van der Waals surface area contributed by atoms with Crippen molar-refractivity contribution in [1.82, 2.24) is 0 Å². The van der Waals surface area contributed by atoms with Crippen LogP contribution in [0.2, 0.25) is 0 Å². The van der Waals surface area contributed by atoms with Gasteiger partial charge in [-0.2, -0.15) is 11.3 Å². The Bertz CT molecular complexity index is 620. The van der Waals surface area contributed by atoms with Crippen molar-refractivity contribution in [3.8, 4) is 5.75 Å². The lowest BCUT2D eigenvalue weighted by Gasteiger charge is -2.18. The van der Waals surface area contributed by atoms with Crippen molar-refractivity contribution in [3.05, 3.63) is 58.8 Å². The summed E-state index contributed by atoms with van der Waals surface area (Å²) in [5.41, 5.74) is 2.20. The van der Waals surface area contributed by atoms with E-state index in [4.69, 9.17) is 9.47 Å². The Morgan fingerprint density at radius 3 is 2.70 bits per heavy atom. The molecule has 0 aliphatic rings. The Hall–Kier alpha value is -2.27. The first-order valence-corrected chi connectivity index (χ1v) is 8.43. The molecular weight excluding hydrogens is 310 g/mol. The standard InChI is InChI=1S/C18H21NO3S/c1-3-22-18(20)6-4-5-17(14-11-12-23-13-14)19-15-7-9-16(21-2)10-8-15/h4,6-13,17,19H,3,5H2,1-2H3/b6-4+/t17-/m0/s1. The van der Waals surface area contributed by atoms with Crippen LogP contribution < -0.4 is 10.1 Å². The van der Waals surface area contributed by atoms with Crippen LogP contribution in [-0.2, 0) is 9.53 Å². The van der Waals surface area contributed by atoms with Gasteiger partial charge in [-0.25, -0.2) is 4.79 Å². The fourth-order valence-electron chi connectivity index (χ4n) is 2.13. The molecule has 5 heteroatoms. The first kappa shape index (κ1) is 17.1. The van der Waals surface area contributed by atoms with Crippen LogP contribution in [0.15, 0.2) is 53.2 Å². The highest BCUT2D eigenvalue weighted by atomic mass is 32.1. The van der Waals surface area contributed by atoms with Gasteiger partial charge in [0.2, 0.25) is 0 Å². The third kappa shape index (κ3) is 5.45. The second-order valence-electron chi connectivity index (χ2n) is 4.87. The number of nitrogens with one attached hydrogen (secondary N) is 1. The van der Waals surface area contributed by atoms with Crippen molar-refractivity contribution >= 4 is 23.0 Å². The Morgan fingerprint density at radius 2 is 2.09 bits per heavy atom. The van der Waals surface area contributed by atoms with Gasteiger partial charge in [-0.15, -0.1) is 0 Å². The topological polar surface area (TPSA) is 47.6 Å². The van der Waals surface area contributed by atoms with E-state index in [-0.39, 0.29) is 12.0 Å². The number of ether oxygens (including phenoxy) is 2. The van der Waals surface area contributed by atoms with Gasteiger partial charge < -0.3 is 14.8 Å². The lowest BCUT2D eigenvalue weighted by molar-refractivity contribution is -0.137. The van der Waals surface area contributed by atoms with Crippen LogP contribution in [0.3, 0.4) is 0 Å². The Morgan fingerprint density at radius 1 is 1.30 bits per heavy atom. The maximum absolute atomic E-state index is 11.4. The molecule has 2 rings (SSSR count). The number of methoxy groups -OCH3 is 1. The summed E-state index contributed by atoms with van der Waals surface area (Å²) in [7, 11) is 1.65. The van der Waals surface area contributed by atoms with Gasteiger partial charge in [0.25, 0.3) is 0 Å². The van der Waals surface area contributed by atoms with Gasteiger partial charge in [-0.05, 0) is 60.0 Å². The summed E-state index contributed by atoms with van der Waals surface area (Å²) in [5, 5.41) is 7.65. The van der Waals surface area contributed by atoms with Gasteiger partial charge in [0.05, 0.1) is 19.8 Å². The second-order valence-corrected chi connectivity index (χ2v) is 5.65. The second kappa shape index (κ2) is 9.00. The highest BCUT2D eigenvalue weighted by Crippen LogP contribution is 2.26. The average molecular weight is 331 g/mol. The van der Waals surface area contributed by atoms with Gasteiger partial charge in [-0.1, -0.05) is 6.08 Å². The summed E-state index contributed by atoms with van der Waals surface area (Å²) in [4.78, 5) is 11.4. The average Bonchev–Trinajstić information content (AvgIpc) is 3.09. The van der Waals surface area contributed by atoms with E-state index >= 15 is 0 Å². The van der Waals surface area contributed by atoms with E-state index in [1.54, 1.807) is 25.4 Å². The minimum atomic E-state index is -0.305. The highest BCUT2D eigenvalue weighted by Gasteiger charge is 2.11. The Labute approximate surface area is 140 Å². The molecule has 0 saturated carbocycles. The maximum Gasteiger partial charge on any atom is 0.330 e. The Balaban J connectivity index is 2.04. The van der Waals surface area contributed by atoms with Crippen molar-refractivity contribution in [3.63, 3.8) is 0 Å². The molecule has 1 atom stereocenters. The van der Waals surface area contributed by atoms with E-state index in [0.29, 0.717) is 13.0 Å².